The van der Waals surface area contributed by atoms with Crippen LogP contribution >= 0.6 is 0 Å². The second kappa shape index (κ2) is 9.77. The fourth-order valence-corrected chi connectivity index (χ4v) is 5.25. The maximum absolute atomic E-state index is 13.7. The van der Waals surface area contributed by atoms with E-state index in [9.17, 15) is 14.9 Å². The van der Waals surface area contributed by atoms with E-state index in [2.05, 4.69) is 27.2 Å². The fourth-order valence-electron chi connectivity index (χ4n) is 5.25. The number of para-hydroxylation sites is 1. The van der Waals surface area contributed by atoms with Crippen molar-refractivity contribution in [3.05, 3.63) is 82.4 Å². The van der Waals surface area contributed by atoms with E-state index >= 15 is 0 Å². The van der Waals surface area contributed by atoms with Crippen LogP contribution in [-0.4, -0.2) is 50.7 Å². The zero-order chi connectivity index (χ0) is 25.2. The summed E-state index contributed by atoms with van der Waals surface area (Å²) in [6.07, 6.45) is 0.417. The van der Waals surface area contributed by atoms with Crippen molar-refractivity contribution < 1.29 is 19.2 Å². The van der Waals surface area contributed by atoms with Gasteiger partial charge in [0.2, 0.25) is 5.91 Å². The van der Waals surface area contributed by atoms with E-state index in [0.29, 0.717) is 36.7 Å². The molecule has 1 saturated heterocycles. The summed E-state index contributed by atoms with van der Waals surface area (Å²) in [5.41, 5.74) is 3.54. The number of non-ortho nitro benzene ring substituents is 1. The number of fused-ring (bicyclic) bond motifs is 3. The molecule has 3 aromatic carbocycles. The van der Waals surface area contributed by atoms with Crippen LogP contribution < -0.4 is 24.6 Å². The number of nitro groups is 1. The molecular weight excluding hydrogens is 460 g/mol. The number of amides is 1. The van der Waals surface area contributed by atoms with Gasteiger partial charge in [-0.3, -0.25) is 14.9 Å². The summed E-state index contributed by atoms with van der Waals surface area (Å²) >= 11 is 0. The van der Waals surface area contributed by atoms with Gasteiger partial charge in [0.1, 0.15) is 0 Å². The van der Waals surface area contributed by atoms with E-state index < -0.39 is 10.8 Å². The lowest BCUT2D eigenvalue weighted by atomic mass is 9.83. The number of methoxy groups -OCH3 is 2. The van der Waals surface area contributed by atoms with Crippen LogP contribution in [0.2, 0.25) is 0 Å². The van der Waals surface area contributed by atoms with Crippen LogP contribution in [0.5, 0.6) is 11.5 Å². The van der Waals surface area contributed by atoms with E-state index in [1.54, 1.807) is 44.6 Å². The molecule has 0 aliphatic carbocycles. The van der Waals surface area contributed by atoms with Crippen LogP contribution in [0.25, 0.3) is 0 Å². The average molecular weight is 489 g/mol. The molecule has 3 aromatic rings. The molecule has 2 aliphatic heterocycles. The van der Waals surface area contributed by atoms with Crippen LogP contribution in [-0.2, 0) is 11.2 Å². The van der Waals surface area contributed by atoms with E-state index in [0.717, 1.165) is 23.5 Å². The molecule has 0 aromatic heterocycles. The van der Waals surface area contributed by atoms with Crippen molar-refractivity contribution in [2.24, 2.45) is 5.92 Å². The van der Waals surface area contributed by atoms with Crippen LogP contribution in [0.3, 0.4) is 0 Å². The topological polar surface area (TPSA) is 97.2 Å². The summed E-state index contributed by atoms with van der Waals surface area (Å²) in [7, 11) is 3.11. The SMILES string of the molecule is COc1ccc(NC(=O)C2Cc3cc([N+](=O)[O-])ccc3N3CCN(c4ccccc4)CC23)cc1OC. The molecule has 1 amide bonds. The van der Waals surface area contributed by atoms with Crippen molar-refractivity contribution >= 4 is 28.7 Å². The van der Waals surface area contributed by atoms with Gasteiger partial charge in [0.05, 0.1) is 31.1 Å². The highest BCUT2D eigenvalue weighted by Gasteiger charge is 2.42. The van der Waals surface area contributed by atoms with Crippen LogP contribution in [0.15, 0.2) is 66.7 Å². The zero-order valence-electron chi connectivity index (χ0n) is 20.2. The number of hydrogen-bond donors (Lipinski definition) is 1. The molecular formula is C27H28N4O5. The van der Waals surface area contributed by atoms with Gasteiger partial charge in [-0.1, -0.05) is 18.2 Å². The number of benzene rings is 3. The summed E-state index contributed by atoms with van der Waals surface area (Å²) in [5.74, 6) is 0.559. The van der Waals surface area contributed by atoms with Crippen molar-refractivity contribution in [3.8, 4) is 11.5 Å². The molecule has 2 heterocycles. The van der Waals surface area contributed by atoms with Gasteiger partial charge in [-0.2, -0.15) is 0 Å². The summed E-state index contributed by atoms with van der Waals surface area (Å²) in [6, 6.07) is 20.3. The Labute approximate surface area is 209 Å². The van der Waals surface area contributed by atoms with Gasteiger partial charge < -0.3 is 24.6 Å². The molecule has 9 heteroatoms. The first kappa shape index (κ1) is 23.5. The Kier molecular flexibility index (Phi) is 6.37. The third-order valence-electron chi connectivity index (χ3n) is 7.02. The number of nitrogens with one attached hydrogen (secondary N) is 1. The van der Waals surface area contributed by atoms with Crippen molar-refractivity contribution in [3.63, 3.8) is 0 Å². The number of nitro benzene ring substituents is 1. The number of nitrogens with zero attached hydrogens (tertiary/aromatic N) is 3. The first-order valence-corrected chi connectivity index (χ1v) is 11.9. The summed E-state index contributed by atoms with van der Waals surface area (Å²) in [6.45, 7) is 2.18. The van der Waals surface area contributed by atoms with Crippen molar-refractivity contribution in [1.82, 2.24) is 0 Å². The van der Waals surface area contributed by atoms with E-state index in [-0.39, 0.29) is 17.6 Å². The fraction of sp³-hybridized carbons (Fsp3) is 0.296. The first-order valence-electron chi connectivity index (χ1n) is 11.9. The number of hydrogen-bond acceptors (Lipinski definition) is 7. The van der Waals surface area contributed by atoms with Crippen molar-refractivity contribution in [2.45, 2.75) is 12.5 Å². The van der Waals surface area contributed by atoms with Gasteiger partial charge in [-0.05, 0) is 42.3 Å². The maximum atomic E-state index is 13.7. The third kappa shape index (κ3) is 4.39. The lowest BCUT2D eigenvalue weighted by molar-refractivity contribution is -0.384. The minimum Gasteiger partial charge on any atom is -0.493 e. The number of rotatable bonds is 6. The van der Waals surface area contributed by atoms with E-state index in [1.807, 2.05) is 24.3 Å². The van der Waals surface area contributed by atoms with Crippen molar-refractivity contribution in [1.29, 1.82) is 0 Å². The number of ether oxygens (including phenoxy) is 2. The standard InChI is InChI=1S/C27H28N4O5/c1-35-25-11-8-19(16-26(25)36-2)28-27(32)22-15-18-14-21(31(33)34)9-10-23(18)30-13-12-29(17-24(22)30)20-6-4-3-5-7-20/h3-11,14,16,22,24H,12-13,15,17H2,1-2H3,(H,28,32). The molecule has 5 rings (SSSR count). The Morgan fingerprint density at radius 1 is 1.00 bits per heavy atom. The molecule has 1 N–H and O–H groups in total. The van der Waals surface area contributed by atoms with Crippen LogP contribution in [0.4, 0.5) is 22.7 Å². The predicted octanol–water partition coefficient (Wildman–Crippen LogP) is 4.12. The molecule has 2 aliphatic rings. The first-order chi connectivity index (χ1) is 17.5. The summed E-state index contributed by atoms with van der Waals surface area (Å²) in [4.78, 5) is 29.3. The molecule has 0 bridgehead atoms. The van der Waals surface area contributed by atoms with Gasteiger partial charge in [0, 0.05) is 54.9 Å². The Hall–Kier alpha value is -4.27. The molecule has 2 unspecified atom stereocenters. The molecule has 2 atom stereocenters. The Bertz CT molecular complexity index is 1280. The number of carbonyl (C=O) groups excluding carboxylic acids is 1. The quantitative estimate of drug-likeness (QED) is 0.412. The highest BCUT2D eigenvalue weighted by molar-refractivity contribution is 5.94. The molecule has 0 spiro atoms. The second-order valence-electron chi connectivity index (χ2n) is 8.98. The molecule has 0 radical (unpaired) electrons. The zero-order valence-corrected chi connectivity index (χ0v) is 20.2. The normalized spacial score (nSPS) is 18.6. The van der Waals surface area contributed by atoms with Crippen LogP contribution in [0.1, 0.15) is 5.56 Å². The van der Waals surface area contributed by atoms with Gasteiger partial charge in [0.15, 0.2) is 11.5 Å². The molecule has 0 saturated carbocycles. The average Bonchev–Trinajstić information content (AvgIpc) is 2.92. The Balaban J connectivity index is 1.47. The van der Waals surface area contributed by atoms with Gasteiger partial charge >= 0.3 is 0 Å². The minimum atomic E-state index is -0.404. The highest BCUT2D eigenvalue weighted by atomic mass is 16.6. The van der Waals surface area contributed by atoms with E-state index in [4.69, 9.17) is 9.47 Å². The molecule has 186 valence electrons. The Morgan fingerprint density at radius 3 is 2.50 bits per heavy atom. The molecule has 36 heavy (non-hydrogen) atoms. The van der Waals surface area contributed by atoms with E-state index in [1.165, 1.54) is 0 Å². The van der Waals surface area contributed by atoms with Gasteiger partial charge in [0.25, 0.3) is 5.69 Å². The molecule has 1 fully saturated rings. The third-order valence-corrected chi connectivity index (χ3v) is 7.02. The lowest BCUT2D eigenvalue weighted by Gasteiger charge is -2.49. The predicted molar refractivity (Wildman–Crippen MR) is 138 cm³/mol. The maximum Gasteiger partial charge on any atom is 0.269 e. The smallest absolute Gasteiger partial charge is 0.269 e. The number of anilines is 3. The largest absolute Gasteiger partial charge is 0.493 e. The van der Waals surface area contributed by atoms with Gasteiger partial charge in [-0.15, -0.1) is 0 Å². The van der Waals surface area contributed by atoms with Gasteiger partial charge in [-0.25, -0.2) is 0 Å². The monoisotopic (exact) mass is 488 g/mol. The van der Waals surface area contributed by atoms with Crippen LogP contribution in [0, 0.1) is 16.0 Å². The number of piperazine rings is 1. The highest BCUT2D eigenvalue weighted by Crippen LogP contribution is 2.39. The summed E-state index contributed by atoms with van der Waals surface area (Å²) in [5, 5.41) is 14.5. The summed E-state index contributed by atoms with van der Waals surface area (Å²) < 4.78 is 10.7. The lowest BCUT2D eigenvalue weighted by Crippen LogP contribution is -2.60. The molecule has 9 nitrogen and oxygen atoms in total. The Morgan fingerprint density at radius 2 is 1.78 bits per heavy atom. The number of carbonyl (C=O) groups is 1. The second-order valence-corrected chi connectivity index (χ2v) is 8.98. The minimum absolute atomic E-state index is 0.0363. The van der Waals surface area contributed by atoms with Crippen molar-refractivity contribution in [2.75, 3.05) is 49.0 Å².